The molecule has 2 rings (SSSR count). The topological polar surface area (TPSA) is 101 Å². The molecule has 2 aliphatic rings. The third-order valence-electron chi connectivity index (χ3n) is 4.23. The second kappa shape index (κ2) is 5.33. The number of nitrogens with zero attached hydrogens (tertiary/aromatic N) is 1. The van der Waals surface area contributed by atoms with E-state index >= 15 is 0 Å². The number of carbonyl (C=O) groups is 2. The quantitative estimate of drug-likeness (QED) is 0.729. The van der Waals surface area contributed by atoms with Gasteiger partial charge >= 0.3 is 11.9 Å². The molecular formula is C12H19NO6S. The van der Waals surface area contributed by atoms with Crippen LogP contribution in [0.15, 0.2) is 0 Å². The Balaban J connectivity index is 2.18. The standard InChI is InChI=1S/C12H19NO6S/c1-19-11(16)12(5-3-6-12)8-20(17,18)13-7-2-4-9(13)10(14)15/h9H,2-8H2,1H3,(H,14,15)/t9-/m1/s1. The minimum atomic E-state index is -3.78. The van der Waals surface area contributed by atoms with E-state index in [4.69, 9.17) is 9.84 Å². The molecule has 0 radical (unpaired) electrons. The van der Waals surface area contributed by atoms with Crippen molar-refractivity contribution in [3.8, 4) is 0 Å². The average molecular weight is 305 g/mol. The van der Waals surface area contributed by atoms with Crippen LogP contribution in [0, 0.1) is 5.41 Å². The molecular weight excluding hydrogens is 286 g/mol. The summed E-state index contributed by atoms with van der Waals surface area (Å²) in [6, 6.07) is -1.00. The molecule has 0 bridgehead atoms. The molecule has 0 spiro atoms. The zero-order chi connectivity index (χ0) is 15.0. The number of carbonyl (C=O) groups excluding carboxylic acids is 1. The number of rotatable bonds is 5. The number of ether oxygens (including phenoxy) is 1. The van der Waals surface area contributed by atoms with Crippen LogP contribution in [0.5, 0.6) is 0 Å². The summed E-state index contributed by atoms with van der Waals surface area (Å²) in [6.07, 6.45) is 2.59. The molecule has 1 heterocycles. The smallest absolute Gasteiger partial charge is 0.322 e. The Morgan fingerprint density at radius 3 is 2.45 bits per heavy atom. The van der Waals surface area contributed by atoms with Crippen molar-refractivity contribution in [2.75, 3.05) is 19.4 Å². The highest BCUT2D eigenvalue weighted by atomic mass is 32.2. The van der Waals surface area contributed by atoms with Gasteiger partial charge in [0.25, 0.3) is 0 Å². The first-order valence-corrected chi connectivity index (χ1v) is 8.24. The average Bonchev–Trinajstić information content (AvgIpc) is 2.83. The molecule has 1 N–H and O–H groups in total. The van der Waals surface area contributed by atoms with E-state index in [9.17, 15) is 18.0 Å². The lowest BCUT2D eigenvalue weighted by molar-refractivity contribution is -0.156. The lowest BCUT2D eigenvalue weighted by atomic mass is 9.70. The normalized spacial score (nSPS) is 25.9. The van der Waals surface area contributed by atoms with Crippen LogP contribution < -0.4 is 0 Å². The Morgan fingerprint density at radius 1 is 1.35 bits per heavy atom. The minimum Gasteiger partial charge on any atom is -0.480 e. The molecule has 0 amide bonds. The minimum absolute atomic E-state index is 0.205. The van der Waals surface area contributed by atoms with Gasteiger partial charge in [0, 0.05) is 6.54 Å². The fraction of sp³-hybridized carbons (Fsp3) is 0.833. The Morgan fingerprint density at radius 2 is 2.00 bits per heavy atom. The van der Waals surface area contributed by atoms with Crippen molar-refractivity contribution in [3.63, 3.8) is 0 Å². The van der Waals surface area contributed by atoms with Crippen LogP contribution in [0.25, 0.3) is 0 Å². The fourth-order valence-electron chi connectivity index (χ4n) is 2.98. The van der Waals surface area contributed by atoms with Crippen molar-refractivity contribution in [1.82, 2.24) is 4.31 Å². The highest BCUT2D eigenvalue weighted by Gasteiger charge is 2.51. The molecule has 1 saturated heterocycles. The maximum Gasteiger partial charge on any atom is 0.322 e. The molecule has 0 unspecified atom stereocenters. The highest BCUT2D eigenvalue weighted by molar-refractivity contribution is 7.89. The molecule has 114 valence electrons. The van der Waals surface area contributed by atoms with Gasteiger partial charge in [-0.05, 0) is 25.7 Å². The second-order valence-electron chi connectivity index (χ2n) is 5.49. The van der Waals surface area contributed by atoms with Crippen molar-refractivity contribution < 1.29 is 27.9 Å². The van der Waals surface area contributed by atoms with Gasteiger partial charge in [0.2, 0.25) is 10.0 Å². The molecule has 0 aromatic heterocycles. The predicted molar refractivity (Wildman–Crippen MR) is 69.5 cm³/mol. The summed E-state index contributed by atoms with van der Waals surface area (Å²) in [5.41, 5.74) is -0.987. The predicted octanol–water partition coefficient (Wildman–Crippen LogP) is 0.208. The monoisotopic (exact) mass is 305 g/mol. The van der Waals surface area contributed by atoms with E-state index in [1.165, 1.54) is 7.11 Å². The Kier molecular flexibility index (Phi) is 4.06. The van der Waals surface area contributed by atoms with Gasteiger partial charge in [-0.3, -0.25) is 9.59 Å². The third-order valence-corrected chi connectivity index (χ3v) is 6.30. The number of methoxy groups -OCH3 is 1. The van der Waals surface area contributed by atoms with Crippen LogP contribution in [-0.2, 0) is 24.3 Å². The largest absolute Gasteiger partial charge is 0.480 e. The molecule has 1 atom stereocenters. The van der Waals surface area contributed by atoms with E-state index in [2.05, 4.69) is 0 Å². The molecule has 8 heteroatoms. The van der Waals surface area contributed by atoms with Gasteiger partial charge in [-0.2, -0.15) is 4.31 Å². The van der Waals surface area contributed by atoms with Crippen LogP contribution in [0.4, 0.5) is 0 Å². The molecule has 1 aliphatic heterocycles. The number of hydrogen-bond donors (Lipinski definition) is 1. The van der Waals surface area contributed by atoms with E-state index in [1.54, 1.807) is 0 Å². The van der Waals surface area contributed by atoms with Crippen LogP contribution >= 0.6 is 0 Å². The zero-order valence-corrected chi connectivity index (χ0v) is 12.2. The summed E-state index contributed by atoms with van der Waals surface area (Å²) in [5, 5.41) is 9.07. The molecule has 1 aliphatic carbocycles. The number of sulfonamides is 1. The summed E-state index contributed by atoms with van der Waals surface area (Å²) in [4.78, 5) is 22.9. The summed E-state index contributed by atoms with van der Waals surface area (Å²) in [5.74, 6) is -2.00. The van der Waals surface area contributed by atoms with Gasteiger partial charge in [-0.15, -0.1) is 0 Å². The molecule has 20 heavy (non-hydrogen) atoms. The van der Waals surface area contributed by atoms with Crippen molar-refractivity contribution in [3.05, 3.63) is 0 Å². The van der Waals surface area contributed by atoms with Crippen LogP contribution in [0.2, 0.25) is 0 Å². The van der Waals surface area contributed by atoms with Gasteiger partial charge in [0.05, 0.1) is 18.3 Å². The fourth-order valence-corrected chi connectivity index (χ4v) is 5.24. The van der Waals surface area contributed by atoms with Gasteiger partial charge in [0.15, 0.2) is 0 Å². The molecule has 2 fully saturated rings. The van der Waals surface area contributed by atoms with Gasteiger partial charge in [-0.1, -0.05) is 6.42 Å². The van der Waals surface area contributed by atoms with E-state index in [1.807, 2.05) is 0 Å². The zero-order valence-electron chi connectivity index (χ0n) is 11.4. The summed E-state index contributed by atoms with van der Waals surface area (Å²) < 4.78 is 30.6. The maximum atomic E-state index is 12.4. The van der Waals surface area contributed by atoms with Gasteiger partial charge < -0.3 is 9.84 Å². The van der Waals surface area contributed by atoms with Crippen molar-refractivity contribution in [1.29, 1.82) is 0 Å². The van der Waals surface area contributed by atoms with Crippen LogP contribution in [0.3, 0.4) is 0 Å². The Labute approximate surface area is 117 Å². The number of aliphatic carboxylic acids is 1. The molecule has 0 aromatic rings. The Hall–Kier alpha value is -1.15. The van der Waals surface area contributed by atoms with E-state index < -0.39 is 33.4 Å². The summed E-state index contributed by atoms with van der Waals surface area (Å²) in [6.45, 7) is 0.205. The maximum absolute atomic E-state index is 12.4. The number of esters is 1. The van der Waals surface area contributed by atoms with Gasteiger partial charge in [-0.25, -0.2) is 8.42 Å². The lowest BCUT2D eigenvalue weighted by Gasteiger charge is -2.39. The van der Waals surface area contributed by atoms with E-state index in [0.717, 1.165) is 10.7 Å². The lowest BCUT2D eigenvalue weighted by Crippen LogP contribution is -2.50. The van der Waals surface area contributed by atoms with Crippen LogP contribution in [0.1, 0.15) is 32.1 Å². The van der Waals surface area contributed by atoms with Crippen molar-refractivity contribution >= 4 is 22.0 Å². The van der Waals surface area contributed by atoms with Crippen molar-refractivity contribution in [2.24, 2.45) is 5.41 Å². The van der Waals surface area contributed by atoms with E-state index in [-0.39, 0.29) is 12.3 Å². The highest BCUT2D eigenvalue weighted by Crippen LogP contribution is 2.44. The van der Waals surface area contributed by atoms with Gasteiger partial charge in [0.1, 0.15) is 6.04 Å². The summed E-state index contributed by atoms with van der Waals surface area (Å²) >= 11 is 0. The molecule has 1 saturated carbocycles. The second-order valence-corrected chi connectivity index (χ2v) is 7.41. The number of hydrogen-bond acceptors (Lipinski definition) is 5. The first kappa shape index (κ1) is 15.2. The molecule has 7 nitrogen and oxygen atoms in total. The third kappa shape index (κ3) is 2.54. The molecule has 0 aromatic carbocycles. The summed E-state index contributed by atoms with van der Waals surface area (Å²) in [7, 11) is -2.54. The first-order chi connectivity index (χ1) is 9.32. The van der Waals surface area contributed by atoms with Crippen LogP contribution in [-0.4, -0.2) is 55.2 Å². The first-order valence-electron chi connectivity index (χ1n) is 6.63. The number of carboxylic acid groups (broad SMARTS) is 1. The SMILES string of the molecule is COC(=O)C1(CS(=O)(=O)N2CCC[C@@H]2C(=O)O)CCC1. The van der Waals surface area contributed by atoms with Crippen molar-refractivity contribution in [2.45, 2.75) is 38.1 Å². The Bertz CT molecular complexity index is 510. The van der Waals surface area contributed by atoms with E-state index in [0.29, 0.717) is 25.7 Å². The number of carboxylic acids is 1.